The Morgan fingerprint density at radius 1 is 0.633 bits per heavy atom. The average molecular weight is 416 g/mol. The molecule has 0 saturated carbocycles. The largest absolute Gasteiger partial charge is 0.490 e. The summed E-state index contributed by atoms with van der Waals surface area (Å²) >= 11 is 0. The van der Waals surface area contributed by atoms with Crippen LogP contribution < -0.4 is 4.74 Å². The zero-order valence-corrected chi connectivity index (χ0v) is 17.1. The lowest BCUT2D eigenvalue weighted by molar-refractivity contribution is 0.285. The molecule has 30 heavy (non-hydrogen) atoms. The van der Waals surface area contributed by atoms with Crippen molar-refractivity contribution in [2.24, 2.45) is 0 Å². The first kappa shape index (κ1) is 21.9. The maximum absolute atomic E-state index is 14.8. The van der Waals surface area contributed by atoms with E-state index < -0.39 is 23.3 Å². The molecule has 0 aliphatic rings. The van der Waals surface area contributed by atoms with E-state index in [2.05, 4.69) is 6.92 Å². The number of halogens is 4. The Balaban J connectivity index is 1.87. The van der Waals surface area contributed by atoms with Crippen LogP contribution in [0, 0.1) is 30.2 Å². The topological polar surface area (TPSA) is 9.23 Å². The Labute approximate surface area is 174 Å². The molecule has 0 heterocycles. The van der Waals surface area contributed by atoms with Crippen LogP contribution in [0.2, 0.25) is 0 Å². The molecule has 0 spiro atoms. The first-order chi connectivity index (χ1) is 14.4. The third-order valence-corrected chi connectivity index (χ3v) is 5.04. The van der Waals surface area contributed by atoms with Gasteiger partial charge in [0.15, 0.2) is 23.2 Å². The molecule has 0 unspecified atom stereocenters. The van der Waals surface area contributed by atoms with Crippen LogP contribution >= 0.6 is 0 Å². The molecule has 0 aliphatic heterocycles. The van der Waals surface area contributed by atoms with Crippen molar-refractivity contribution in [2.45, 2.75) is 39.5 Å². The maximum Gasteiger partial charge on any atom is 0.201 e. The monoisotopic (exact) mass is 416 g/mol. The van der Waals surface area contributed by atoms with Gasteiger partial charge in [-0.15, -0.1) is 0 Å². The summed E-state index contributed by atoms with van der Waals surface area (Å²) < 4.78 is 63.8. The number of hydrogen-bond donors (Lipinski definition) is 0. The summed E-state index contributed by atoms with van der Waals surface area (Å²) in [6.07, 6.45) is 3.78. The standard InChI is InChI=1S/C25H24F4O/c1-3-4-5-6-15-30-21-14-13-20(24(28)25(21)29)19-12-11-18(22(26)23(19)27)17-9-7-16(2)8-10-17/h7-14H,3-6,15H2,1-2H3. The van der Waals surface area contributed by atoms with Crippen LogP contribution in [-0.4, -0.2) is 6.61 Å². The van der Waals surface area contributed by atoms with E-state index in [9.17, 15) is 17.6 Å². The molecule has 0 radical (unpaired) electrons. The second-order valence-corrected chi connectivity index (χ2v) is 7.30. The van der Waals surface area contributed by atoms with Crippen molar-refractivity contribution in [2.75, 3.05) is 6.61 Å². The lowest BCUT2D eigenvalue weighted by Gasteiger charge is -2.13. The van der Waals surface area contributed by atoms with Crippen LogP contribution in [0.25, 0.3) is 22.3 Å². The number of benzene rings is 3. The van der Waals surface area contributed by atoms with Gasteiger partial charge in [0.25, 0.3) is 0 Å². The molecule has 0 bridgehead atoms. The Bertz CT molecular complexity index is 1010. The van der Waals surface area contributed by atoms with Gasteiger partial charge in [0, 0.05) is 16.7 Å². The van der Waals surface area contributed by atoms with Gasteiger partial charge in [0.2, 0.25) is 5.82 Å². The molecule has 0 aliphatic carbocycles. The fraction of sp³-hybridized carbons (Fsp3) is 0.280. The summed E-state index contributed by atoms with van der Waals surface area (Å²) in [7, 11) is 0. The summed E-state index contributed by atoms with van der Waals surface area (Å²) in [6, 6.07) is 12.0. The van der Waals surface area contributed by atoms with Crippen LogP contribution in [0.5, 0.6) is 5.75 Å². The molecule has 158 valence electrons. The number of hydrogen-bond acceptors (Lipinski definition) is 1. The maximum atomic E-state index is 14.8. The van der Waals surface area contributed by atoms with E-state index in [0.717, 1.165) is 31.2 Å². The van der Waals surface area contributed by atoms with Gasteiger partial charge < -0.3 is 4.74 Å². The summed E-state index contributed by atoms with van der Waals surface area (Å²) in [6.45, 7) is 4.23. The van der Waals surface area contributed by atoms with E-state index in [1.807, 2.05) is 6.92 Å². The minimum absolute atomic E-state index is 0.0594. The van der Waals surface area contributed by atoms with Crippen molar-refractivity contribution in [3.05, 3.63) is 77.4 Å². The molecule has 1 nitrogen and oxygen atoms in total. The normalized spacial score (nSPS) is 11.0. The van der Waals surface area contributed by atoms with E-state index in [1.54, 1.807) is 24.3 Å². The van der Waals surface area contributed by atoms with Crippen LogP contribution in [-0.2, 0) is 0 Å². The molecule has 3 rings (SSSR count). The molecule has 0 N–H and O–H groups in total. The Morgan fingerprint density at radius 3 is 1.87 bits per heavy atom. The van der Waals surface area contributed by atoms with Crippen LogP contribution in [0.1, 0.15) is 38.2 Å². The zero-order chi connectivity index (χ0) is 21.7. The summed E-state index contributed by atoms with van der Waals surface area (Å²) in [5, 5.41) is 0. The Kier molecular flexibility index (Phi) is 7.14. The molecule has 0 fully saturated rings. The SMILES string of the molecule is CCCCCCOc1ccc(-c2ccc(-c3ccc(C)cc3)c(F)c2F)c(F)c1F. The second kappa shape index (κ2) is 9.79. The van der Waals surface area contributed by atoms with Gasteiger partial charge in [-0.25, -0.2) is 13.2 Å². The molecule has 5 heteroatoms. The minimum Gasteiger partial charge on any atom is -0.490 e. The van der Waals surface area contributed by atoms with Crippen molar-refractivity contribution in [1.82, 2.24) is 0 Å². The van der Waals surface area contributed by atoms with Crippen molar-refractivity contribution in [1.29, 1.82) is 0 Å². The molecule has 0 aromatic heterocycles. The smallest absolute Gasteiger partial charge is 0.201 e. The fourth-order valence-electron chi connectivity index (χ4n) is 3.28. The number of unbranched alkanes of at least 4 members (excludes halogenated alkanes) is 3. The minimum atomic E-state index is -1.26. The average Bonchev–Trinajstić information content (AvgIpc) is 2.74. The van der Waals surface area contributed by atoms with Gasteiger partial charge >= 0.3 is 0 Å². The molecule has 0 amide bonds. The van der Waals surface area contributed by atoms with Gasteiger partial charge in [-0.05, 0) is 31.0 Å². The third kappa shape index (κ3) is 4.66. The first-order valence-corrected chi connectivity index (χ1v) is 10.1. The lowest BCUT2D eigenvalue weighted by atomic mass is 9.98. The van der Waals surface area contributed by atoms with Crippen LogP contribution in [0.4, 0.5) is 17.6 Å². The summed E-state index contributed by atoms with van der Waals surface area (Å²) in [4.78, 5) is 0. The summed E-state index contributed by atoms with van der Waals surface area (Å²) in [5.74, 6) is -5.02. The molecule has 3 aromatic carbocycles. The fourth-order valence-corrected chi connectivity index (χ4v) is 3.28. The number of aryl methyl sites for hydroxylation is 1. The highest BCUT2D eigenvalue weighted by molar-refractivity contribution is 5.72. The van der Waals surface area contributed by atoms with Crippen molar-refractivity contribution >= 4 is 0 Å². The molecule has 3 aromatic rings. The molecular weight excluding hydrogens is 392 g/mol. The Hall–Kier alpha value is -2.82. The van der Waals surface area contributed by atoms with Gasteiger partial charge in [0.05, 0.1) is 6.61 Å². The number of ether oxygens (including phenoxy) is 1. The van der Waals surface area contributed by atoms with Crippen LogP contribution in [0.15, 0.2) is 48.5 Å². The van der Waals surface area contributed by atoms with Gasteiger partial charge in [0.1, 0.15) is 0 Å². The predicted molar refractivity (Wildman–Crippen MR) is 112 cm³/mol. The van der Waals surface area contributed by atoms with Gasteiger partial charge in [-0.2, -0.15) is 4.39 Å². The van der Waals surface area contributed by atoms with Gasteiger partial charge in [-0.3, -0.25) is 0 Å². The third-order valence-electron chi connectivity index (χ3n) is 5.04. The van der Waals surface area contributed by atoms with Crippen molar-refractivity contribution in [3.8, 4) is 28.0 Å². The quantitative estimate of drug-likeness (QED) is 0.268. The van der Waals surface area contributed by atoms with Gasteiger partial charge in [-0.1, -0.05) is 68.1 Å². The highest BCUT2D eigenvalue weighted by Gasteiger charge is 2.21. The highest BCUT2D eigenvalue weighted by atomic mass is 19.2. The second-order valence-electron chi connectivity index (χ2n) is 7.30. The van der Waals surface area contributed by atoms with E-state index in [0.29, 0.717) is 5.56 Å². The van der Waals surface area contributed by atoms with E-state index in [4.69, 9.17) is 4.74 Å². The molecule has 0 atom stereocenters. The first-order valence-electron chi connectivity index (χ1n) is 10.1. The van der Waals surface area contributed by atoms with Crippen molar-refractivity contribution < 1.29 is 22.3 Å². The van der Waals surface area contributed by atoms with Crippen LogP contribution in [0.3, 0.4) is 0 Å². The van der Waals surface area contributed by atoms with Crippen molar-refractivity contribution in [3.63, 3.8) is 0 Å². The number of rotatable bonds is 8. The highest BCUT2D eigenvalue weighted by Crippen LogP contribution is 2.35. The van der Waals surface area contributed by atoms with E-state index in [-0.39, 0.29) is 29.0 Å². The zero-order valence-electron chi connectivity index (χ0n) is 17.1. The Morgan fingerprint density at radius 2 is 1.20 bits per heavy atom. The lowest BCUT2D eigenvalue weighted by Crippen LogP contribution is -2.02. The molecular formula is C25H24F4O. The van der Waals surface area contributed by atoms with E-state index in [1.165, 1.54) is 24.3 Å². The van der Waals surface area contributed by atoms with E-state index >= 15 is 0 Å². The predicted octanol–water partition coefficient (Wildman–Crippen LogP) is 7.84. The molecule has 0 saturated heterocycles. The summed E-state index contributed by atoms with van der Waals surface area (Å²) in [5.41, 5.74) is 0.861.